The molecule has 4 amide bonds. The second-order valence-electron chi connectivity index (χ2n) is 6.97. The lowest BCUT2D eigenvalue weighted by Crippen LogP contribution is -2.54. The first kappa shape index (κ1) is 17.7. The summed E-state index contributed by atoms with van der Waals surface area (Å²) in [7, 11) is 0. The van der Waals surface area contributed by atoms with E-state index in [1.807, 2.05) is 19.9 Å². The van der Waals surface area contributed by atoms with Gasteiger partial charge >= 0.3 is 6.03 Å². The van der Waals surface area contributed by atoms with Crippen molar-refractivity contribution in [2.45, 2.75) is 45.1 Å². The van der Waals surface area contributed by atoms with E-state index in [2.05, 4.69) is 10.6 Å². The maximum atomic E-state index is 12.8. The number of rotatable bonds is 3. The molecule has 134 valence electrons. The quantitative estimate of drug-likeness (QED) is 0.810. The zero-order valence-electron chi connectivity index (χ0n) is 14.4. The van der Waals surface area contributed by atoms with Crippen LogP contribution in [0.5, 0.6) is 0 Å². The Bertz CT molecular complexity index is 736. The number of nitrogens with zero attached hydrogens (tertiary/aromatic N) is 1. The molecule has 3 rings (SSSR count). The molecule has 2 atom stereocenters. The molecular weight excluding hydrogens is 342 g/mol. The topological polar surface area (TPSA) is 78.5 Å². The van der Waals surface area contributed by atoms with Crippen molar-refractivity contribution in [3.05, 3.63) is 28.8 Å². The minimum absolute atomic E-state index is 0.0669. The fraction of sp³-hybridized carbons (Fsp3) is 0.500. The van der Waals surface area contributed by atoms with Crippen molar-refractivity contribution in [1.29, 1.82) is 0 Å². The van der Waals surface area contributed by atoms with E-state index in [1.54, 1.807) is 12.1 Å². The van der Waals surface area contributed by atoms with Gasteiger partial charge in [0.05, 0.1) is 10.7 Å². The fourth-order valence-corrected chi connectivity index (χ4v) is 3.98. The van der Waals surface area contributed by atoms with E-state index in [4.69, 9.17) is 11.6 Å². The maximum Gasteiger partial charge on any atom is 0.325 e. The Morgan fingerprint density at radius 3 is 2.84 bits per heavy atom. The van der Waals surface area contributed by atoms with Gasteiger partial charge in [-0.25, -0.2) is 4.79 Å². The number of imide groups is 1. The van der Waals surface area contributed by atoms with Gasteiger partial charge in [0.25, 0.3) is 5.91 Å². The summed E-state index contributed by atoms with van der Waals surface area (Å²) < 4.78 is 0. The molecule has 2 aliphatic rings. The van der Waals surface area contributed by atoms with Crippen LogP contribution < -0.4 is 10.6 Å². The SMILES string of the molecule is Cc1ccc(NC(=O)CN2C(=O)NC3(CCCCC3C)C2=O)c(Cl)c1. The molecule has 25 heavy (non-hydrogen) atoms. The first-order valence-corrected chi connectivity index (χ1v) is 8.91. The van der Waals surface area contributed by atoms with Crippen molar-refractivity contribution in [2.75, 3.05) is 11.9 Å². The average molecular weight is 364 g/mol. The Kier molecular flexibility index (Phi) is 4.73. The van der Waals surface area contributed by atoms with E-state index in [1.165, 1.54) is 0 Å². The number of carbonyl (C=O) groups is 3. The Hall–Kier alpha value is -2.08. The molecule has 2 fully saturated rings. The van der Waals surface area contributed by atoms with Crippen LogP contribution in [0.1, 0.15) is 38.2 Å². The molecule has 1 aromatic carbocycles. The summed E-state index contributed by atoms with van der Waals surface area (Å²) in [5, 5.41) is 5.92. The second kappa shape index (κ2) is 6.67. The van der Waals surface area contributed by atoms with E-state index in [-0.39, 0.29) is 18.4 Å². The fourth-order valence-electron chi connectivity index (χ4n) is 3.69. The largest absolute Gasteiger partial charge is 0.325 e. The maximum absolute atomic E-state index is 12.8. The third-order valence-electron chi connectivity index (χ3n) is 5.20. The number of aryl methyl sites for hydroxylation is 1. The summed E-state index contributed by atoms with van der Waals surface area (Å²) in [6.45, 7) is 3.56. The van der Waals surface area contributed by atoms with Crippen molar-refractivity contribution in [1.82, 2.24) is 10.2 Å². The summed E-state index contributed by atoms with van der Waals surface area (Å²) in [5.74, 6) is -0.679. The second-order valence-corrected chi connectivity index (χ2v) is 7.38. The van der Waals surface area contributed by atoms with Crippen LogP contribution in [0.3, 0.4) is 0 Å². The highest BCUT2D eigenvalue weighted by Gasteiger charge is 2.55. The van der Waals surface area contributed by atoms with Gasteiger partial charge in [-0.15, -0.1) is 0 Å². The van der Waals surface area contributed by atoms with Crippen molar-refractivity contribution in [3.63, 3.8) is 0 Å². The number of nitrogens with one attached hydrogen (secondary N) is 2. The van der Waals surface area contributed by atoms with Crippen molar-refractivity contribution in [3.8, 4) is 0 Å². The Labute approximate surface area is 151 Å². The predicted molar refractivity (Wildman–Crippen MR) is 95.4 cm³/mol. The first-order valence-electron chi connectivity index (χ1n) is 8.53. The molecule has 0 bridgehead atoms. The van der Waals surface area contributed by atoms with E-state index >= 15 is 0 Å². The van der Waals surface area contributed by atoms with Gasteiger partial charge in [-0.05, 0) is 43.4 Å². The Morgan fingerprint density at radius 1 is 1.40 bits per heavy atom. The number of anilines is 1. The lowest BCUT2D eigenvalue weighted by molar-refractivity contribution is -0.136. The van der Waals surface area contributed by atoms with Gasteiger partial charge in [-0.3, -0.25) is 14.5 Å². The molecule has 1 aliphatic carbocycles. The molecular formula is C18H22ClN3O3. The number of urea groups is 1. The van der Waals surface area contributed by atoms with E-state index in [0.717, 1.165) is 29.7 Å². The zero-order valence-corrected chi connectivity index (χ0v) is 15.2. The molecule has 1 saturated heterocycles. The first-order chi connectivity index (χ1) is 11.8. The van der Waals surface area contributed by atoms with E-state index in [0.29, 0.717) is 17.1 Å². The van der Waals surface area contributed by atoms with Gasteiger partial charge in [0.2, 0.25) is 5.91 Å². The molecule has 6 nitrogen and oxygen atoms in total. The molecule has 1 spiro atoms. The number of hydrogen-bond acceptors (Lipinski definition) is 3. The smallest absolute Gasteiger partial charge is 0.323 e. The van der Waals surface area contributed by atoms with Gasteiger partial charge in [0, 0.05) is 0 Å². The summed E-state index contributed by atoms with van der Waals surface area (Å²) in [6, 6.07) is 4.77. The van der Waals surface area contributed by atoms with Crippen molar-refractivity contribution in [2.24, 2.45) is 5.92 Å². The van der Waals surface area contributed by atoms with Crippen LogP contribution >= 0.6 is 11.6 Å². The van der Waals surface area contributed by atoms with Crippen LogP contribution in [-0.4, -0.2) is 34.8 Å². The van der Waals surface area contributed by atoms with E-state index < -0.39 is 17.5 Å². The normalized spacial score (nSPS) is 26.0. The summed E-state index contributed by atoms with van der Waals surface area (Å²) in [5.41, 5.74) is 0.590. The van der Waals surface area contributed by atoms with Gasteiger partial charge in [-0.1, -0.05) is 37.4 Å². The van der Waals surface area contributed by atoms with E-state index in [9.17, 15) is 14.4 Å². The van der Waals surface area contributed by atoms with Gasteiger partial charge in [0.1, 0.15) is 12.1 Å². The minimum atomic E-state index is -0.850. The lowest BCUT2D eigenvalue weighted by atomic mass is 9.73. The minimum Gasteiger partial charge on any atom is -0.323 e. The number of halogens is 1. The third-order valence-corrected chi connectivity index (χ3v) is 5.51. The Balaban J connectivity index is 1.71. The molecule has 1 saturated carbocycles. The molecule has 2 N–H and O–H groups in total. The van der Waals surface area contributed by atoms with Gasteiger partial charge < -0.3 is 10.6 Å². The van der Waals surface area contributed by atoms with Crippen LogP contribution in [0.4, 0.5) is 10.5 Å². The number of hydrogen-bond donors (Lipinski definition) is 2. The molecule has 1 heterocycles. The number of benzene rings is 1. The third kappa shape index (κ3) is 3.23. The molecule has 0 radical (unpaired) electrons. The van der Waals surface area contributed by atoms with Crippen LogP contribution in [0.25, 0.3) is 0 Å². The summed E-state index contributed by atoms with van der Waals surface area (Å²) >= 11 is 6.11. The highest BCUT2D eigenvalue weighted by molar-refractivity contribution is 6.33. The van der Waals surface area contributed by atoms with Crippen molar-refractivity contribution >= 4 is 35.1 Å². The molecule has 0 aromatic heterocycles. The summed E-state index contributed by atoms with van der Waals surface area (Å²) in [4.78, 5) is 38.4. The molecule has 7 heteroatoms. The van der Waals surface area contributed by atoms with Crippen molar-refractivity contribution < 1.29 is 14.4 Å². The summed E-state index contributed by atoms with van der Waals surface area (Å²) in [6.07, 6.45) is 3.47. The molecule has 1 aliphatic heterocycles. The van der Waals surface area contributed by atoms with Crippen LogP contribution in [-0.2, 0) is 9.59 Å². The number of carbonyl (C=O) groups excluding carboxylic acids is 3. The highest BCUT2D eigenvalue weighted by Crippen LogP contribution is 2.38. The van der Waals surface area contributed by atoms with Gasteiger partial charge in [-0.2, -0.15) is 0 Å². The average Bonchev–Trinajstić information content (AvgIpc) is 2.78. The predicted octanol–water partition coefficient (Wildman–Crippen LogP) is 3.09. The standard InChI is InChI=1S/C18H22ClN3O3/c1-11-6-7-14(13(19)9-11)20-15(23)10-22-16(24)18(21-17(22)25)8-4-3-5-12(18)2/h6-7,9,12H,3-5,8,10H2,1-2H3,(H,20,23)(H,21,25). The zero-order chi connectivity index (χ0) is 18.2. The van der Waals surface area contributed by atoms with Crippen LogP contribution in [0, 0.1) is 12.8 Å². The van der Waals surface area contributed by atoms with Gasteiger partial charge in [0.15, 0.2) is 0 Å². The molecule has 2 unspecified atom stereocenters. The number of amides is 4. The van der Waals surface area contributed by atoms with Crippen LogP contribution in [0.2, 0.25) is 5.02 Å². The lowest BCUT2D eigenvalue weighted by Gasteiger charge is -2.36. The Morgan fingerprint density at radius 2 is 2.16 bits per heavy atom. The molecule has 1 aromatic rings. The highest BCUT2D eigenvalue weighted by atomic mass is 35.5. The monoisotopic (exact) mass is 363 g/mol. The van der Waals surface area contributed by atoms with Crippen LogP contribution in [0.15, 0.2) is 18.2 Å².